The molecule has 0 bridgehead atoms. The molecule has 5 heteroatoms. The maximum absolute atomic E-state index is 0. The Kier molecular flexibility index (Phi) is 16400. The topological polar surface area (TPSA) is 123 Å². The fourth-order valence-corrected chi connectivity index (χ4v) is 0. The van der Waals surface area contributed by atoms with Crippen molar-refractivity contribution in [1.29, 1.82) is 0 Å². The van der Waals surface area contributed by atoms with Gasteiger partial charge in [0.05, 0.1) is 0 Å². The quantitative estimate of drug-likeness (QED) is 0.350. The van der Waals surface area contributed by atoms with Crippen LogP contribution in [-0.4, -0.2) is 16.4 Å². The summed E-state index contributed by atoms with van der Waals surface area (Å²) >= 11 is 0. The van der Waals surface area contributed by atoms with E-state index in [0.717, 1.165) is 0 Å². The SMILES string of the molecule is O.O.O.[Mo].[O-2]. The van der Waals surface area contributed by atoms with Gasteiger partial charge in [0.15, 0.2) is 0 Å². The second-order valence-electron chi connectivity index (χ2n) is 0. The van der Waals surface area contributed by atoms with E-state index < -0.39 is 0 Å². The summed E-state index contributed by atoms with van der Waals surface area (Å²) in [6.45, 7) is 0. The van der Waals surface area contributed by atoms with E-state index in [0.29, 0.717) is 0 Å². The van der Waals surface area contributed by atoms with E-state index >= 15 is 0 Å². The van der Waals surface area contributed by atoms with Crippen LogP contribution in [0.1, 0.15) is 0 Å². The minimum absolute atomic E-state index is 0. The smallest absolute Gasteiger partial charge is 0 e. The molecule has 0 unspecified atom stereocenters. The van der Waals surface area contributed by atoms with Gasteiger partial charge in [-0.15, -0.1) is 0 Å². The normalized spacial score (nSPS) is 0. The molecule has 4 nitrogen and oxygen atoms in total. The molecule has 0 aliphatic rings. The predicted molar refractivity (Wildman–Crippen MR) is 11.5 cm³/mol. The fraction of sp³-hybridized carbons (Fsp3) is 0. The molecule has 5 heavy (non-hydrogen) atoms. The van der Waals surface area contributed by atoms with Gasteiger partial charge in [-0.25, -0.2) is 0 Å². The third kappa shape index (κ3) is 104. The summed E-state index contributed by atoms with van der Waals surface area (Å²) < 4.78 is 0. The zero-order chi connectivity index (χ0) is 0. The van der Waals surface area contributed by atoms with Crippen molar-refractivity contribution >= 4 is 0 Å². The van der Waals surface area contributed by atoms with E-state index in [9.17, 15) is 0 Å². The van der Waals surface area contributed by atoms with Gasteiger partial charge in [-0.1, -0.05) is 0 Å². The molecule has 0 saturated heterocycles. The Balaban J connectivity index is 0. The van der Waals surface area contributed by atoms with Crippen LogP contribution in [0.25, 0.3) is 0 Å². The number of hydrogen-bond acceptors (Lipinski definition) is 0. The average molecular weight is 166 g/mol. The van der Waals surface area contributed by atoms with Crippen LogP contribution < -0.4 is 0 Å². The number of hydrogen-bond donors (Lipinski definition) is 0. The van der Waals surface area contributed by atoms with Crippen LogP contribution in [0.2, 0.25) is 0 Å². The van der Waals surface area contributed by atoms with E-state index in [2.05, 4.69) is 0 Å². The van der Waals surface area contributed by atoms with Crippen molar-refractivity contribution in [3.8, 4) is 0 Å². The Morgan fingerprint density at radius 2 is 0.600 bits per heavy atom. The molecule has 0 radical (unpaired) electrons. The van der Waals surface area contributed by atoms with Gasteiger partial charge in [-0.2, -0.15) is 0 Å². The molecule has 0 amide bonds. The van der Waals surface area contributed by atoms with Gasteiger partial charge in [-0.3, -0.25) is 0 Å². The Bertz CT molecular complexity index is 3.61. The first kappa shape index (κ1) is 406. The van der Waals surface area contributed by atoms with Crippen molar-refractivity contribution in [1.82, 2.24) is 0 Å². The van der Waals surface area contributed by atoms with Crippen molar-refractivity contribution in [2.45, 2.75) is 0 Å². The largest absolute Gasteiger partial charge is 2.00 e. The first-order valence-corrected chi connectivity index (χ1v) is 0. The molecule has 0 aromatic rings. The molecule has 6 N–H and O–H groups in total. The van der Waals surface area contributed by atoms with E-state index in [4.69, 9.17) is 0 Å². The molecule has 0 rings (SSSR count). The molecule has 0 aliphatic heterocycles. The van der Waals surface area contributed by atoms with Gasteiger partial charge >= 0.3 is 0 Å². The summed E-state index contributed by atoms with van der Waals surface area (Å²) in [4.78, 5) is 0. The first-order valence-electron chi connectivity index (χ1n) is 0. The Labute approximate surface area is 43.7 Å². The van der Waals surface area contributed by atoms with Crippen molar-refractivity contribution in [2.75, 3.05) is 0 Å². The third-order valence-corrected chi connectivity index (χ3v) is 0. The van der Waals surface area contributed by atoms with Crippen LogP contribution in [0.4, 0.5) is 0 Å². The van der Waals surface area contributed by atoms with Crippen LogP contribution in [0.15, 0.2) is 0 Å². The van der Waals surface area contributed by atoms with Crippen molar-refractivity contribution in [3.05, 3.63) is 0 Å². The Hall–Kier alpha value is 0.528. The van der Waals surface area contributed by atoms with Gasteiger partial charge < -0.3 is 21.9 Å². The maximum atomic E-state index is 0. The first-order chi connectivity index (χ1) is 0. The summed E-state index contributed by atoms with van der Waals surface area (Å²) in [5.74, 6) is 0. The minimum atomic E-state index is 0. The second kappa shape index (κ2) is 202. The zero-order valence-electron chi connectivity index (χ0n) is 2.32. The summed E-state index contributed by atoms with van der Waals surface area (Å²) in [7, 11) is 0. The van der Waals surface area contributed by atoms with Gasteiger partial charge in [0.2, 0.25) is 0 Å². The third-order valence-electron chi connectivity index (χ3n) is 0. The summed E-state index contributed by atoms with van der Waals surface area (Å²) in [5.41, 5.74) is 0. The van der Waals surface area contributed by atoms with Crippen molar-refractivity contribution in [2.24, 2.45) is 0 Å². The average Bonchev–Trinajstić information content (AvgIpc) is 0. The molecule has 0 saturated carbocycles. The van der Waals surface area contributed by atoms with Crippen molar-refractivity contribution in [3.63, 3.8) is 0 Å². The van der Waals surface area contributed by atoms with Crippen LogP contribution in [0.5, 0.6) is 0 Å². The van der Waals surface area contributed by atoms with E-state index in [1.807, 2.05) is 0 Å². The van der Waals surface area contributed by atoms with Crippen LogP contribution in [-0.2, 0) is 26.5 Å². The van der Waals surface area contributed by atoms with E-state index in [1.165, 1.54) is 0 Å². The molecule has 0 aromatic heterocycles. The monoisotopic (exact) mass is 168 g/mol. The molecular weight excluding hydrogens is 160 g/mol. The van der Waals surface area contributed by atoms with Gasteiger partial charge in [0, 0.05) is 21.1 Å². The Morgan fingerprint density at radius 3 is 0.600 bits per heavy atom. The van der Waals surface area contributed by atoms with Crippen LogP contribution in [0.3, 0.4) is 0 Å². The molecule has 0 fully saturated rings. The molecular formula is H6MoO4-2. The number of rotatable bonds is 0. The summed E-state index contributed by atoms with van der Waals surface area (Å²) in [5, 5.41) is 0. The Morgan fingerprint density at radius 1 is 0.600 bits per heavy atom. The molecule has 38 valence electrons. The molecule has 0 spiro atoms. The summed E-state index contributed by atoms with van der Waals surface area (Å²) in [6.07, 6.45) is 0. The van der Waals surface area contributed by atoms with Crippen LogP contribution >= 0.6 is 0 Å². The standard InChI is InChI=1S/Mo.3H2O.O/h;3*1H2;/q;;;;-2. The molecule has 0 heterocycles. The molecule has 0 aliphatic carbocycles. The summed E-state index contributed by atoms with van der Waals surface area (Å²) in [6, 6.07) is 0. The minimum Gasteiger partial charge on any atom is -2.00 e. The van der Waals surface area contributed by atoms with E-state index in [1.54, 1.807) is 0 Å². The zero-order valence-corrected chi connectivity index (χ0v) is 4.32. The second-order valence-corrected chi connectivity index (χ2v) is 0. The fourth-order valence-electron chi connectivity index (χ4n) is 0. The maximum Gasteiger partial charge on any atom is 0 e. The molecule has 0 aromatic carbocycles. The molecule has 0 atom stereocenters. The van der Waals surface area contributed by atoms with Gasteiger partial charge in [-0.05, 0) is 0 Å². The van der Waals surface area contributed by atoms with E-state index in [-0.39, 0.29) is 43.0 Å². The van der Waals surface area contributed by atoms with Gasteiger partial charge in [0.25, 0.3) is 0 Å². The van der Waals surface area contributed by atoms with Crippen molar-refractivity contribution < 1.29 is 43.0 Å². The predicted octanol–water partition coefficient (Wildman–Crippen LogP) is -2.60. The van der Waals surface area contributed by atoms with Gasteiger partial charge in [0.1, 0.15) is 0 Å². The van der Waals surface area contributed by atoms with Crippen LogP contribution in [0, 0.1) is 0 Å².